The van der Waals surface area contributed by atoms with Crippen molar-refractivity contribution in [2.75, 3.05) is 13.2 Å². The van der Waals surface area contributed by atoms with Gasteiger partial charge in [-0.1, -0.05) is 65.0 Å². The van der Waals surface area contributed by atoms with Crippen LogP contribution in [0.3, 0.4) is 0 Å². The van der Waals surface area contributed by atoms with Crippen molar-refractivity contribution in [1.29, 1.82) is 0 Å². The molecular formula is C26H39N2O4PS. The van der Waals surface area contributed by atoms with Gasteiger partial charge in [-0.05, 0) is 35.4 Å². The second-order valence-corrected chi connectivity index (χ2v) is 14.1. The van der Waals surface area contributed by atoms with Crippen LogP contribution in [0.4, 0.5) is 0 Å². The van der Waals surface area contributed by atoms with Crippen LogP contribution in [0.25, 0.3) is 0 Å². The minimum absolute atomic E-state index is 0.0481. The van der Waals surface area contributed by atoms with Crippen molar-refractivity contribution in [2.24, 2.45) is 17.3 Å². The molecule has 34 heavy (non-hydrogen) atoms. The van der Waals surface area contributed by atoms with E-state index in [1.165, 1.54) is 23.9 Å². The highest BCUT2D eigenvalue weighted by atomic mass is 32.1. The molecule has 6 nitrogen and oxygen atoms in total. The summed E-state index contributed by atoms with van der Waals surface area (Å²) < 4.78 is 13.2. The lowest BCUT2D eigenvalue weighted by Crippen LogP contribution is -2.54. The molecule has 1 aromatic carbocycles. The minimum atomic E-state index is -3.62. The van der Waals surface area contributed by atoms with Crippen molar-refractivity contribution in [3.8, 4) is 0 Å². The maximum Gasteiger partial charge on any atom is 0.242 e. The number of hydrogen-bond donors (Lipinski definition) is 3. The number of carbonyl (C=O) groups excluding carboxylic acids is 2. The predicted molar refractivity (Wildman–Crippen MR) is 140 cm³/mol. The first-order chi connectivity index (χ1) is 15.8. The third-order valence-corrected chi connectivity index (χ3v) is 8.78. The summed E-state index contributed by atoms with van der Waals surface area (Å²) in [6.07, 6.45) is 1.21. The highest BCUT2D eigenvalue weighted by Crippen LogP contribution is 2.48. The lowest BCUT2D eigenvalue weighted by atomic mass is 9.85. The largest absolute Gasteiger partial charge is 0.357 e. The predicted octanol–water partition coefficient (Wildman–Crippen LogP) is 5.05. The van der Waals surface area contributed by atoms with Gasteiger partial charge in [0.15, 0.2) is 0 Å². The summed E-state index contributed by atoms with van der Waals surface area (Å²) in [7, 11) is -2.08. The zero-order valence-electron chi connectivity index (χ0n) is 21.1. The Morgan fingerprint density at radius 3 is 2.21 bits per heavy atom. The number of hydrogen-bond acceptors (Lipinski definition) is 4. The van der Waals surface area contributed by atoms with E-state index >= 15 is 0 Å². The van der Waals surface area contributed by atoms with E-state index in [1.54, 1.807) is 0 Å². The molecule has 3 atom stereocenters. The Morgan fingerprint density at radius 2 is 1.65 bits per heavy atom. The van der Waals surface area contributed by atoms with E-state index < -0.39 is 24.7 Å². The number of thiophene rings is 1. The summed E-state index contributed by atoms with van der Waals surface area (Å²) in [5.41, 5.74) is 0.703. The Labute approximate surface area is 208 Å². The van der Waals surface area contributed by atoms with Crippen molar-refractivity contribution < 1.29 is 19.0 Å². The molecule has 8 heteroatoms. The Bertz CT molecular complexity index is 998. The molecule has 3 N–H and O–H groups in total. The Morgan fingerprint density at radius 1 is 1.03 bits per heavy atom. The van der Waals surface area contributed by atoms with Crippen LogP contribution in [0.15, 0.2) is 42.5 Å². The van der Waals surface area contributed by atoms with Gasteiger partial charge < -0.3 is 15.5 Å². The van der Waals surface area contributed by atoms with Gasteiger partial charge in [-0.3, -0.25) is 14.2 Å². The van der Waals surface area contributed by atoms with Crippen molar-refractivity contribution in [1.82, 2.24) is 10.6 Å². The fourth-order valence-corrected chi connectivity index (χ4v) is 7.40. The molecule has 0 aliphatic heterocycles. The van der Waals surface area contributed by atoms with Gasteiger partial charge in [0.05, 0.1) is 6.16 Å². The van der Waals surface area contributed by atoms with Gasteiger partial charge in [0.1, 0.15) is 6.04 Å². The van der Waals surface area contributed by atoms with Gasteiger partial charge in [0.25, 0.3) is 0 Å². The van der Waals surface area contributed by atoms with E-state index in [1.807, 2.05) is 65.0 Å². The first-order valence-electron chi connectivity index (χ1n) is 11.7. The molecule has 0 saturated heterocycles. The van der Waals surface area contributed by atoms with Gasteiger partial charge in [-0.2, -0.15) is 0 Å². The summed E-state index contributed by atoms with van der Waals surface area (Å²) in [5, 5.41) is 5.45. The second-order valence-electron chi connectivity index (χ2n) is 10.5. The lowest BCUT2D eigenvalue weighted by Gasteiger charge is -2.32. The number of benzene rings is 1. The van der Waals surface area contributed by atoms with Crippen molar-refractivity contribution in [3.05, 3.63) is 57.8 Å². The minimum Gasteiger partial charge on any atom is -0.357 e. The molecule has 2 aromatic rings. The van der Waals surface area contributed by atoms with Gasteiger partial charge in [0, 0.05) is 35.3 Å². The smallest absolute Gasteiger partial charge is 0.242 e. The molecule has 2 amide bonds. The summed E-state index contributed by atoms with van der Waals surface area (Å²) in [6, 6.07) is 13.3. The van der Waals surface area contributed by atoms with E-state index in [2.05, 4.69) is 22.8 Å². The van der Waals surface area contributed by atoms with Gasteiger partial charge >= 0.3 is 0 Å². The SMILES string of the molecule is CNC(=O)C(NC(=O)C(CC(C)C)CP(=O)(O)Cc1ccc(Cc2ccccc2)s1)C(C)(C)C. The van der Waals surface area contributed by atoms with E-state index in [-0.39, 0.29) is 30.1 Å². The van der Waals surface area contributed by atoms with Gasteiger partial charge in [-0.25, -0.2) is 0 Å². The summed E-state index contributed by atoms with van der Waals surface area (Å²) in [4.78, 5) is 38.4. The Hall–Kier alpha value is -1.95. The average molecular weight is 507 g/mol. The second kappa shape index (κ2) is 12.1. The standard InChI is InChI=1S/C26H39N2O4PS/c1-18(2)14-20(24(29)28-23(25(30)27-6)26(3,4)5)16-33(31,32)17-22-13-12-21(34-22)15-19-10-8-7-9-11-19/h7-13,18,20,23H,14-17H2,1-6H3,(H,27,30)(H,28,29)(H,31,32). The number of carbonyl (C=O) groups is 2. The van der Waals surface area contributed by atoms with Gasteiger partial charge in [0.2, 0.25) is 19.2 Å². The first kappa shape index (κ1) is 28.3. The van der Waals surface area contributed by atoms with Crippen LogP contribution in [-0.4, -0.2) is 36.0 Å². The molecule has 0 fully saturated rings. The quantitative estimate of drug-likeness (QED) is 0.372. The maximum atomic E-state index is 13.2. The fraction of sp³-hybridized carbons (Fsp3) is 0.538. The molecule has 0 aliphatic carbocycles. The summed E-state index contributed by atoms with van der Waals surface area (Å²) in [5.74, 6) is -1.10. The maximum absolute atomic E-state index is 13.2. The van der Waals surface area contributed by atoms with Crippen LogP contribution < -0.4 is 10.6 Å². The van der Waals surface area contributed by atoms with Crippen LogP contribution in [0.1, 0.15) is 56.4 Å². The number of rotatable bonds is 11. The topological polar surface area (TPSA) is 95.5 Å². The van der Waals surface area contributed by atoms with Crippen LogP contribution in [-0.2, 0) is 26.7 Å². The monoisotopic (exact) mass is 506 g/mol. The molecule has 0 radical (unpaired) electrons. The van der Waals surface area contributed by atoms with E-state index in [0.29, 0.717) is 6.42 Å². The average Bonchev–Trinajstić information content (AvgIpc) is 3.15. The third-order valence-electron chi connectivity index (χ3n) is 5.63. The van der Waals surface area contributed by atoms with Gasteiger partial charge in [-0.15, -0.1) is 11.3 Å². The highest BCUT2D eigenvalue weighted by Gasteiger charge is 2.36. The molecular weight excluding hydrogens is 467 g/mol. The Kier molecular flexibility index (Phi) is 10.1. The van der Waals surface area contributed by atoms with Crippen LogP contribution >= 0.6 is 18.7 Å². The van der Waals surface area contributed by atoms with E-state index in [4.69, 9.17) is 0 Å². The molecule has 0 bridgehead atoms. The third kappa shape index (κ3) is 9.01. The lowest BCUT2D eigenvalue weighted by molar-refractivity contribution is -0.133. The van der Waals surface area contributed by atoms with Crippen molar-refractivity contribution in [2.45, 2.75) is 59.7 Å². The zero-order chi connectivity index (χ0) is 25.5. The Balaban J connectivity index is 2.11. The summed E-state index contributed by atoms with van der Waals surface area (Å²) >= 11 is 1.54. The molecule has 0 aliphatic rings. The van der Waals surface area contributed by atoms with Crippen LogP contribution in [0.5, 0.6) is 0 Å². The number of amides is 2. The highest BCUT2D eigenvalue weighted by molar-refractivity contribution is 7.57. The molecule has 0 spiro atoms. The van der Waals surface area contributed by atoms with Crippen LogP contribution in [0.2, 0.25) is 0 Å². The molecule has 0 saturated carbocycles. The molecule has 1 heterocycles. The number of likely N-dealkylation sites (N-methyl/N-ethyl adjacent to an activating group) is 1. The molecule has 1 aromatic heterocycles. The van der Waals surface area contributed by atoms with Crippen molar-refractivity contribution >= 4 is 30.5 Å². The zero-order valence-corrected chi connectivity index (χ0v) is 22.8. The van der Waals surface area contributed by atoms with E-state index in [9.17, 15) is 19.0 Å². The fourth-order valence-electron chi connectivity index (χ4n) is 3.97. The first-order valence-corrected chi connectivity index (χ1v) is 14.6. The van der Waals surface area contributed by atoms with E-state index in [0.717, 1.165) is 16.2 Å². The van der Waals surface area contributed by atoms with Crippen molar-refractivity contribution in [3.63, 3.8) is 0 Å². The normalized spacial score (nSPS) is 15.4. The molecule has 2 rings (SSSR count). The summed E-state index contributed by atoms with van der Waals surface area (Å²) in [6.45, 7) is 9.61. The molecule has 3 unspecified atom stereocenters. The molecule has 188 valence electrons. The van der Waals surface area contributed by atoms with Crippen LogP contribution in [0, 0.1) is 17.3 Å². The number of nitrogens with one attached hydrogen (secondary N) is 2.